The van der Waals surface area contributed by atoms with Crippen LogP contribution in [0, 0.1) is 0 Å². The summed E-state index contributed by atoms with van der Waals surface area (Å²) in [5, 5.41) is 13.0. The SMILES string of the molecule is CCCOc1cccc(/C(O)=C2\C(=O)C(=O)N(CCCN(C)C)C2c2cccs2)c1. The van der Waals surface area contributed by atoms with Crippen LogP contribution in [-0.2, 0) is 9.59 Å². The van der Waals surface area contributed by atoms with E-state index in [2.05, 4.69) is 0 Å². The van der Waals surface area contributed by atoms with Gasteiger partial charge in [0.05, 0.1) is 18.2 Å². The molecule has 2 aromatic rings. The summed E-state index contributed by atoms with van der Waals surface area (Å²) in [6.07, 6.45) is 1.61. The van der Waals surface area contributed by atoms with Crippen molar-refractivity contribution in [2.45, 2.75) is 25.8 Å². The molecule has 1 aromatic heterocycles. The van der Waals surface area contributed by atoms with Gasteiger partial charge in [0, 0.05) is 17.0 Å². The summed E-state index contributed by atoms with van der Waals surface area (Å²) in [7, 11) is 3.94. The summed E-state index contributed by atoms with van der Waals surface area (Å²) >= 11 is 1.47. The maximum Gasteiger partial charge on any atom is 0.295 e. The highest BCUT2D eigenvalue weighted by Gasteiger charge is 2.46. The predicted molar refractivity (Wildman–Crippen MR) is 119 cm³/mol. The van der Waals surface area contributed by atoms with Gasteiger partial charge in [0.2, 0.25) is 0 Å². The Morgan fingerprint density at radius 3 is 2.70 bits per heavy atom. The average Bonchev–Trinajstić information content (AvgIpc) is 3.34. The number of carbonyl (C=O) groups is 2. The number of Topliss-reactive ketones (excluding diaryl/α,β-unsaturated/α-hetero) is 1. The molecule has 30 heavy (non-hydrogen) atoms. The third-order valence-electron chi connectivity index (χ3n) is 4.94. The third-order valence-corrected chi connectivity index (χ3v) is 5.86. The Morgan fingerprint density at radius 1 is 1.23 bits per heavy atom. The summed E-state index contributed by atoms with van der Waals surface area (Å²) in [5.41, 5.74) is 0.608. The van der Waals surface area contributed by atoms with Gasteiger partial charge in [-0.2, -0.15) is 0 Å². The lowest BCUT2D eigenvalue weighted by molar-refractivity contribution is -0.139. The molecule has 1 aromatic carbocycles. The maximum atomic E-state index is 12.9. The molecule has 0 radical (unpaired) electrons. The number of nitrogens with zero attached hydrogens (tertiary/aromatic N) is 2. The topological polar surface area (TPSA) is 70.1 Å². The van der Waals surface area contributed by atoms with E-state index in [1.165, 1.54) is 11.3 Å². The number of ether oxygens (including phenoxy) is 1. The number of likely N-dealkylation sites (tertiary alicyclic amines) is 1. The van der Waals surface area contributed by atoms with Gasteiger partial charge < -0.3 is 19.6 Å². The number of hydrogen-bond donors (Lipinski definition) is 1. The standard InChI is InChI=1S/C23H28N2O4S/c1-4-13-29-17-9-5-8-16(15-17)21(26)19-20(18-10-6-14-30-18)25(23(28)22(19)27)12-7-11-24(2)3/h5-6,8-10,14-15,20,26H,4,7,11-13H2,1-3H3/b21-19+. The van der Waals surface area contributed by atoms with Crippen molar-refractivity contribution >= 4 is 28.8 Å². The fourth-order valence-corrected chi connectivity index (χ4v) is 4.36. The van der Waals surface area contributed by atoms with Crippen molar-refractivity contribution in [3.63, 3.8) is 0 Å². The molecule has 0 saturated carbocycles. The molecule has 0 spiro atoms. The van der Waals surface area contributed by atoms with Crippen molar-refractivity contribution < 1.29 is 19.4 Å². The maximum absolute atomic E-state index is 12.9. The van der Waals surface area contributed by atoms with Crippen LogP contribution in [0.15, 0.2) is 47.4 Å². The number of ketones is 1. The van der Waals surface area contributed by atoms with Gasteiger partial charge in [-0.15, -0.1) is 11.3 Å². The van der Waals surface area contributed by atoms with Crippen LogP contribution in [0.2, 0.25) is 0 Å². The molecule has 1 saturated heterocycles. The lowest BCUT2D eigenvalue weighted by atomic mass is 9.99. The van der Waals surface area contributed by atoms with E-state index in [1.807, 2.05) is 49.5 Å². The molecular formula is C23H28N2O4S. The van der Waals surface area contributed by atoms with Crippen LogP contribution >= 0.6 is 11.3 Å². The van der Waals surface area contributed by atoms with E-state index in [0.717, 1.165) is 24.3 Å². The van der Waals surface area contributed by atoms with Crippen LogP contribution in [0.4, 0.5) is 0 Å². The van der Waals surface area contributed by atoms with Gasteiger partial charge >= 0.3 is 0 Å². The van der Waals surface area contributed by atoms with Crippen LogP contribution in [0.1, 0.15) is 36.2 Å². The molecule has 0 bridgehead atoms. The molecule has 1 fully saturated rings. The fraction of sp³-hybridized carbons (Fsp3) is 0.391. The first kappa shape index (κ1) is 22.1. The monoisotopic (exact) mass is 428 g/mol. The van der Waals surface area contributed by atoms with Gasteiger partial charge in [-0.05, 0) is 57.1 Å². The highest BCUT2D eigenvalue weighted by Crippen LogP contribution is 2.41. The number of benzene rings is 1. The Hall–Kier alpha value is -2.64. The first-order valence-corrected chi connectivity index (χ1v) is 11.0. The van der Waals surface area contributed by atoms with Crippen LogP contribution < -0.4 is 4.74 Å². The zero-order chi connectivity index (χ0) is 21.7. The second-order valence-corrected chi connectivity index (χ2v) is 8.52. The van der Waals surface area contributed by atoms with Crippen LogP contribution in [0.25, 0.3) is 5.76 Å². The number of aliphatic hydroxyl groups excluding tert-OH is 1. The van der Waals surface area contributed by atoms with Gasteiger partial charge in [-0.1, -0.05) is 25.1 Å². The molecule has 1 unspecified atom stereocenters. The number of amides is 1. The Balaban J connectivity index is 2.00. The fourth-order valence-electron chi connectivity index (χ4n) is 3.52. The Bertz CT molecular complexity index is 921. The van der Waals surface area contributed by atoms with Crippen molar-refractivity contribution in [3.8, 4) is 5.75 Å². The van der Waals surface area contributed by atoms with E-state index < -0.39 is 17.7 Å². The molecule has 1 atom stereocenters. The largest absolute Gasteiger partial charge is 0.507 e. The zero-order valence-electron chi connectivity index (χ0n) is 17.6. The smallest absolute Gasteiger partial charge is 0.295 e. The first-order chi connectivity index (χ1) is 14.4. The number of rotatable bonds is 9. The first-order valence-electron chi connectivity index (χ1n) is 10.1. The molecular weight excluding hydrogens is 400 g/mol. The number of aliphatic hydroxyl groups is 1. The van der Waals surface area contributed by atoms with E-state index >= 15 is 0 Å². The van der Waals surface area contributed by atoms with Gasteiger partial charge in [0.1, 0.15) is 11.5 Å². The van der Waals surface area contributed by atoms with E-state index in [9.17, 15) is 14.7 Å². The van der Waals surface area contributed by atoms with Crippen molar-refractivity contribution in [1.82, 2.24) is 9.80 Å². The number of thiophene rings is 1. The van der Waals surface area contributed by atoms with Crippen LogP contribution in [0.3, 0.4) is 0 Å². The van der Waals surface area contributed by atoms with E-state index in [1.54, 1.807) is 23.1 Å². The summed E-state index contributed by atoms with van der Waals surface area (Å²) in [4.78, 5) is 30.3. The van der Waals surface area contributed by atoms with E-state index in [-0.39, 0.29) is 11.3 Å². The molecule has 6 nitrogen and oxygen atoms in total. The lowest BCUT2D eigenvalue weighted by Crippen LogP contribution is -2.32. The normalized spacial score (nSPS) is 18.4. The van der Waals surface area contributed by atoms with Gasteiger partial charge in [-0.3, -0.25) is 9.59 Å². The second kappa shape index (κ2) is 9.91. The predicted octanol–water partition coefficient (Wildman–Crippen LogP) is 3.91. The molecule has 3 rings (SSSR count). The quantitative estimate of drug-likeness (QED) is 0.373. The molecule has 1 aliphatic rings. The molecule has 2 heterocycles. The number of carbonyl (C=O) groups excluding carboxylic acids is 2. The van der Waals surface area contributed by atoms with Crippen molar-refractivity contribution in [1.29, 1.82) is 0 Å². The lowest BCUT2D eigenvalue weighted by Gasteiger charge is -2.24. The van der Waals surface area contributed by atoms with Crippen LogP contribution in [0.5, 0.6) is 5.75 Å². The molecule has 1 N–H and O–H groups in total. The summed E-state index contributed by atoms with van der Waals surface area (Å²) in [5.74, 6) is -0.750. The molecule has 160 valence electrons. The molecule has 1 amide bonds. The Labute approximate surface area is 181 Å². The van der Waals surface area contributed by atoms with Gasteiger partial charge in [0.15, 0.2) is 0 Å². The van der Waals surface area contributed by atoms with E-state index in [0.29, 0.717) is 24.5 Å². The van der Waals surface area contributed by atoms with Gasteiger partial charge in [0.25, 0.3) is 11.7 Å². The summed E-state index contributed by atoms with van der Waals surface area (Å²) in [6, 6.07) is 10.2. The molecule has 1 aliphatic heterocycles. The van der Waals surface area contributed by atoms with Crippen molar-refractivity contribution in [3.05, 3.63) is 57.8 Å². The molecule has 0 aliphatic carbocycles. The number of hydrogen-bond acceptors (Lipinski definition) is 6. The minimum atomic E-state index is -0.643. The second-order valence-electron chi connectivity index (χ2n) is 7.54. The highest BCUT2D eigenvalue weighted by atomic mass is 32.1. The van der Waals surface area contributed by atoms with Gasteiger partial charge in [-0.25, -0.2) is 0 Å². The van der Waals surface area contributed by atoms with Crippen molar-refractivity contribution in [2.75, 3.05) is 33.8 Å². The Kier molecular flexibility index (Phi) is 7.29. The minimum Gasteiger partial charge on any atom is -0.507 e. The van der Waals surface area contributed by atoms with E-state index in [4.69, 9.17) is 4.74 Å². The molecule has 7 heteroatoms. The summed E-state index contributed by atoms with van der Waals surface area (Å²) in [6.45, 7) is 3.83. The average molecular weight is 429 g/mol. The summed E-state index contributed by atoms with van der Waals surface area (Å²) < 4.78 is 5.65. The van der Waals surface area contributed by atoms with Crippen molar-refractivity contribution in [2.24, 2.45) is 0 Å². The minimum absolute atomic E-state index is 0.139. The third kappa shape index (κ3) is 4.74. The zero-order valence-corrected chi connectivity index (χ0v) is 18.4. The van der Waals surface area contributed by atoms with Crippen LogP contribution in [-0.4, -0.2) is 60.4 Å². The Morgan fingerprint density at radius 2 is 2.03 bits per heavy atom. The highest BCUT2D eigenvalue weighted by molar-refractivity contribution is 7.10.